The fraction of sp³-hybridized carbons (Fsp3) is 0.429. The molecule has 0 aromatic carbocycles. The van der Waals surface area contributed by atoms with Gasteiger partial charge in [-0.1, -0.05) is 11.8 Å². The third-order valence-corrected chi connectivity index (χ3v) is 2.74. The van der Waals surface area contributed by atoms with Crippen LogP contribution in [0.4, 0.5) is 0 Å². The zero-order chi connectivity index (χ0) is 7.84. The molecule has 0 bridgehead atoms. The molecular formula is C7H8N2OS. The first-order chi connectivity index (χ1) is 5.27. The minimum absolute atomic E-state index is 0.00634. The molecule has 0 fully saturated rings. The highest BCUT2D eigenvalue weighted by atomic mass is 32.2. The van der Waals surface area contributed by atoms with Crippen molar-refractivity contribution >= 4 is 22.8 Å². The van der Waals surface area contributed by atoms with Gasteiger partial charge in [0.25, 0.3) is 0 Å². The topological polar surface area (TPSA) is 32.7 Å². The van der Waals surface area contributed by atoms with Crippen LogP contribution in [0.15, 0.2) is 16.1 Å². The molecule has 3 nitrogen and oxygen atoms in total. The molecule has 58 valence electrons. The average molecular weight is 168 g/mol. The number of nitrogens with zero attached hydrogens (tertiary/aromatic N) is 2. The molecule has 0 saturated carbocycles. The van der Waals surface area contributed by atoms with Crippen molar-refractivity contribution in [2.24, 2.45) is 4.99 Å². The molecular weight excluding hydrogens is 160 g/mol. The lowest BCUT2D eigenvalue weighted by Crippen LogP contribution is -2.30. The van der Waals surface area contributed by atoms with Crippen LogP contribution < -0.4 is 0 Å². The molecule has 0 aliphatic carbocycles. The Kier molecular flexibility index (Phi) is 1.49. The van der Waals surface area contributed by atoms with Gasteiger partial charge in [-0.15, -0.1) is 0 Å². The van der Waals surface area contributed by atoms with E-state index in [1.807, 2.05) is 12.3 Å². The third-order valence-electron chi connectivity index (χ3n) is 1.76. The number of hydrogen-bond acceptors (Lipinski definition) is 3. The minimum Gasteiger partial charge on any atom is -0.324 e. The molecule has 1 amide bonds. The van der Waals surface area contributed by atoms with Crippen molar-refractivity contribution in [2.75, 3.05) is 6.54 Å². The highest BCUT2D eigenvalue weighted by Gasteiger charge is 2.24. The van der Waals surface area contributed by atoms with Crippen molar-refractivity contribution in [3.63, 3.8) is 0 Å². The Balaban J connectivity index is 2.30. The smallest absolute Gasteiger partial charge is 0.249 e. The number of rotatable bonds is 0. The van der Waals surface area contributed by atoms with E-state index in [9.17, 15) is 4.79 Å². The van der Waals surface area contributed by atoms with Gasteiger partial charge >= 0.3 is 0 Å². The predicted molar refractivity (Wildman–Crippen MR) is 45.1 cm³/mol. The summed E-state index contributed by atoms with van der Waals surface area (Å²) in [4.78, 5) is 16.8. The van der Waals surface area contributed by atoms with E-state index >= 15 is 0 Å². The van der Waals surface area contributed by atoms with Crippen LogP contribution in [0.3, 0.4) is 0 Å². The monoisotopic (exact) mass is 168 g/mol. The van der Waals surface area contributed by atoms with E-state index in [1.54, 1.807) is 0 Å². The highest BCUT2D eigenvalue weighted by molar-refractivity contribution is 8.16. The standard InChI is InChI=1S/C7H8N2OS/c1-5-4-11-7-8-6(10)2-3-9(5)7/h4H,2-3H2,1H3. The molecule has 0 radical (unpaired) electrons. The number of thioether (sulfide) groups is 1. The molecule has 11 heavy (non-hydrogen) atoms. The molecule has 2 heterocycles. The summed E-state index contributed by atoms with van der Waals surface area (Å²) in [6.45, 7) is 2.83. The molecule has 2 rings (SSSR count). The normalized spacial score (nSPS) is 23.0. The van der Waals surface area contributed by atoms with Crippen LogP contribution in [0.25, 0.3) is 0 Å². The van der Waals surface area contributed by atoms with Crippen molar-refractivity contribution in [1.82, 2.24) is 4.90 Å². The summed E-state index contributed by atoms with van der Waals surface area (Å²) < 4.78 is 0. The molecule has 0 aromatic rings. The molecule has 0 N–H and O–H groups in total. The predicted octanol–water partition coefficient (Wildman–Crippen LogP) is 1.18. The van der Waals surface area contributed by atoms with Gasteiger partial charge in [-0.25, -0.2) is 0 Å². The van der Waals surface area contributed by atoms with Crippen molar-refractivity contribution in [2.45, 2.75) is 13.3 Å². The number of allylic oxidation sites excluding steroid dienone is 1. The van der Waals surface area contributed by atoms with Gasteiger partial charge in [0.05, 0.1) is 0 Å². The Morgan fingerprint density at radius 2 is 2.55 bits per heavy atom. The molecule has 0 aromatic heterocycles. The SMILES string of the molecule is CC1=CSC2=NC(=O)CCN12. The zero-order valence-corrected chi connectivity index (χ0v) is 7.02. The van der Waals surface area contributed by atoms with Crippen molar-refractivity contribution < 1.29 is 4.79 Å². The van der Waals surface area contributed by atoms with E-state index in [0.29, 0.717) is 6.42 Å². The largest absolute Gasteiger partial charge is 0.324 e. The summed E-state index contributed by atoms with van der Waals surface area (Å²) in [7, 11) is 0. The van der Waals surface area contributed by atoms with Crippen LogP contribution in [0.2, 0.25) is 0 Å². The van der Waals surface area contributed by atoms with E-state index < -0.39 is 0 Å². The summed E-state index contributed by atoms with van der Waals surface area (Å²) in [5.74, 6) is 0.00634. The van der Waals surface area contributed by atoms with Gasteiger partial charge in [0.2, 0.25) is 5.91 Å². The van der Waals surface area contributed by atoms with Crippen LogP contribution >= 0.6 is 11.8 Å². The first kappa shape index (κ1) is 6.91. The first-order valence-electron chi connectivity index (χ1n) is 3.50. The van der Waals surface area contributed by atoms with E-state index in [2.05, 4.69) is 9.89 Å². The lowest BCUT2D eigenvalue weighted by atomic mass is 10.3. The third kappa shape index (κ3) is 1.07. The van der Waals surface area contributed by atoms with Crippen LogP contribution in [-0.4, -0.2) is 22.5 Å². The lowest BCUT2D eigenvalue weighted by Gasteiger charge is -2.22. The van der Waals surface area contributed by atoms with Crippen molar-refractivity contribution in [1.29, 1.82) is 0 Å². The second kappa shape index (κ2) is 2.37. The van der Waals surface area contributed by atoms with Crippen LogP contribution in [-0.2, 0) is 4.79 Å². The summed E-state index contributed by atoms with van der Waals surface area (Å²) in [5, 5.41) is 2.87. The molecule has 2 aliphatic heterocycles. The van der Waals surface area contributed by atoms with Gasteiger partial charge in [-0.05, 0) is 12.3 Å². The van der Waals surface area contributed by atoms with Crippen LogP contribution in [0.5, 0.6) is 0 Å². The fourth-order valence-electron chi connectivity index (χ4n) is 1.14. The Bertz CT molecular complexity index is 270. The average Bonchev–Trinajstić information content (AvgIpc) is 2.32. The van der Waals surface area contributed by atoms with Crippen LogP contribution in [0, 0.1) is 0 Å². The lowest BCUT2D eigenvalue weighted by molar-refractivity contribution is -0.118. The Labute approximate surface area is 69.2 Å². The molecule has 2 aliphatic rings. The number of fused-ring (bicyclic) bond motifs is 1. The number of amidine groups is 1. The minimum atomic E-state index is 0.00634. The van der Waals surface area contributed by atoms with Gasteiger partial charge in [0, 0.05) is 18.7 Å². The maximum absolute atomic E-state index is 10.9. The second-order valence-electron chi connectivity index (χ2n) is 2.57. The molecule has 0 atom stereocenters. The summed E-state index contributed by atoms with van der Waals surface area (Å²) >= 11 is 1.53. The van der Waals surface area contributed by atoms with E-state index in [0.717, 1.165) is 11.7 Å². The Morgan fingerprint density at radius 3 is 3.36 bits per heavy atom. The maximum atomic E-state index is 10.9. The van der Waals surface area contributed by atoms with Crippen molar-refractivity contribution in [3.05, 3.63) is 11.1 Å². The van der Waals surface area contributed by atoms with E-state index in [-0.39, 0.29) is 5.91 Å². The van der Waals surface area contributed by atoms with E-state index in [1.165, 1.54) is 17.5 Å². The molecule has 0 spiro atoms. The number of carbonyl (C=O) groups is 1. The van der Waals surface area contributed by atoms with Crippen molar-refractivity contribution in [3.8, 4) is 0 Å². The van der Waals surface area contributed by atoms with Gasteiger partial charge < -0.3 is 4.90 Å². The molecule has 4 heteroatoms. The maximum Gasteiger partial charge on any atom is 0.249 e. The van der Waals surface area contributed by atoms with Crippen LogP contribution in [0.1, 0.15) is 13.3 Å². The number of amides is 1. The Morgan fingerprint density at radius 1 is 1.73 bits per heavy atom. The second-order valence-corrected chi connectivity index (χ2v) is 3.40. The molecule has 0 unspecified atom stereocenters. The quantitative estimate of drug-likeness (QED) is 0.544. The summed E-state index contributed by atoms with van der Waals surface area (Å²) in [6.07, 6.45) is 0.551. The number of hydrogen-bond donors (Lipinski definition) is 0. The number of carbonyl (C=O) groups excluding carboxylic acids is 1. The van der Waals surface area contributed by atoms with Gasteiger partial charge in [-0.3, -0.25) is 4.79 Å². The number of aliphatic imine (C=N–C) groups is 1. The van der Waals surface area contributed by atoms with Gasteiger partial charge in [0.15, 0.2) is 5.17 Å². The zero-order valence-electron chi connectivity index (χ0n) is 6.20. The fourth-order valence-corrected chi connectivity index (χ4v) is 2.07. The molecule has 0 saturated heterocycles. The summed E-state index contributed by atoms with van der Waals surface area (Å²) in [5.41, 5.74) is 1.20. The van der Waals surface area contributed by atoms with Gasteiger partial charge in [-0.2, -0.15) is 4.99 Å². The summed E-state index contributed by atoms with van der Waals surface area (Å²) in [6, 6.07) is 0. The Hall–Kier alpha value is -0.770. The first-order valence-corrected chi connectivity index (χ1v) is 4.38. The van der Waals surface area contributed by atoms with Gasteiger partial charge in [0.1, 0.15) is 0 Å². The highest BCUT2D eigenvalue weighted by Crippen LogP contribution is 2.28. The van der Waals surface area contributed by atoms with E-state index in [4.69, 9.17) is 0 Å².